The zero-order valence-electron chi connectivity index (χ0n) is 16.0. The summed E-state index contributed by atoms with van der Waals surface area (Å²) in [5.41, 5.74) is 2.15. The molecule has 0 aliphatic rings. The van der Waals surface area contributed by atoms with Gasteiger partial charge in [0, 0.05) is 18.5 Å². The minimum Gasteiger partial charge on any atom is -0.454 e. The van der Waals surface area contributed by atoms with E-state index in [4.69, 9.17) is 39.5 Å². The second kappa shape index (κ2) is 9.75. The highest BCUT2D eigenvalue weighted by Gasteiger charge is 2.22. The Morgan fingerprint density at radius 3 is 2.60 bits per heavy atom. The molecule has 0 saturated carbocycles. The summed E-state index contributed by atoms with van der Waals surface area (Å²) in [6.45, 7) is 3.38. The second-order valence-corrected chi connectivity index (χ2v) is 8.12. The summed E-state index contributed by atoms with van der Waals surface area (Å²) >= 11 is 19.0. The Morgan fingerprint density at radius 2 is 1.90 bits per heavy atom. The summed E-state index contributed by atoms with van der Waals surface area (Å²) in [6.07, 6.45) is 2.00. The fourth-order valence-corrected chi connectivity index (χ4v) is 4.12. The first kappa shape index (κ1) is 22.5. The number of pyridine rings is 1. The molecule has 3 aromatic rings. The van der Waals surface area contributed by atoms with Gasteiger partial charge in [-0.15, -0.1) is 11.3 Å². The SMILES string of the molecule is CCc1ccccc1N(C(C)=O)c1nc(COC(=O)c2ncc(Cl)c(Cl)c2Cl)cs1. The van der Waals surface area contributed by atoms with E-state index >= 15 is 0 Å². The molecule has 6 nitrogen and oxygen atoms in total. The van der Waals surface area contributed by atoms with Gasteiger partial charge in [-0.25, -0.2) is 14.8 Å². The predicted octanol–water partition coefficient (Wildman–Crippen LogP) is 6.10. The molecule has 156 valence electrons. The zero-order valence-corrected chi connectivity index (χ0v) is 19.1. The Bertz CT molecular complexity index is 1100. The summed E-state index contributed by atoms with van der Waals surface area (Å²) < 4.78 is 5.25. The largest absolute Gasteiger partial charge is 0.454 e. The highest BCUT2D eigenvalue weighted by atomic mass is 35.5. The van der Waals surface area contributed by atoms with Crippen LogP contribution in [-0.2, 0) is 22.6 Å². The Balaban J connectivity index is 1.78. The lowest BCUT2D eigenvalue weighted by atomic mass is 10.1. The molecule has 0 unspecified atom stereocenters. The van der Waals surface area contributed by atoms with Crippen molar-refractivity contribution in [2.75, 3.05) is 4.90 Å². The van der Waals surface area contributed by atoms with E-state index < -0.39 is 5.97 Å². The van der Waals surface area contributed by atoms with E-state index in [-0.39, 0.29) is 33.3 Å². The van der Waals surface area contributed by atoms with Gasteiger partial charge in [0.25, 0.3) is 0 Å². The minimum atomic E-state index is -0.757. The van der Waals surface area contributed by atoms with Gasteiger partial charge in [0.2, 0.25) is 5.91 Å². The summed E-state index contributed by atoms with van der Waals surface area (Å²) in [5.74, 6) is -0.923. The zero-order chi connectivity index (χ0) is 21.8. The highest BCUT2D eigenvalue weighted by molar-refractivity contribution is 7.14. The van der Waals surface area contributed by atoms with E-state index in [9.17, 15) is 9.59 Å². The number of hydrogen-bond acceptors (Lipinski definition) is 6. The number of benzene rings is 1. The van der Waals surface area contributed by atoms with Gasteiger partial charge in [-0.1, -0.05) is 59.9 Å². The summed E-state index contributed by atoms with van der Waals surface area (Å²) in [5, 5.41) is 2.30. The summed E-state index contributed by atoms with van der Waals surface area (Å²) in [6, 6.07) is 7.64. The Morgan fingerprint density at radius 1 is 1.17 bits per heavy atom. The first-order valence-electron chi connectivity index (χ1n) is 8.83. The van der Waals surface area contributed by atoms with Gasteiger partial charge in [0.1, 0.15) is 6.61 Å². The molecular weight excluding hydrogens is 469 g/mol. The van der Waals surface area contributed by atoms with Crippen molar-refractivity contribution in [2.45, 2.75) is 26.9 Å². The number of ether oxygens (including phenoxy) is 1. The highest BCUT2D eigenvalue weighted by Crippen LogP contribution is 2.33. The number of anilines is 2. The van der Waals surface area contributed by atoms with Crippen molar-refractivity contribution >= 4 is 68.8 Å². The molecule has 10 heteroatoms. The van der Waals surface area contributed by atoms with E-state index in [1.807, 2.05) is 31.2 Å². The number of hydrogen-bond donors (Lipinski definition) is 0. The molecule has 1 aromatic carbocycles. The van der Waals surface area contributed by atoms with Crippen LogP contribution in [0, 0.1) is 0 Å². The lowest BCUT2D eigenvalue weighted by molar-refractivity contribution is -0.115. The predicted molar refractivity (Wildman–Crippen MR) is 119 cm³/mol. The van der Waals surface area contributed by atoms with Crippen LogP contribution in [0.25, 0.3) is 0 Å². The number of aromatic nitrogens is 2. The third-order valence-electron chi connectivity index (χ3n) is 4.12. The van der Waals surface area contributed by atoms with E-state index in [2.05, 4.69) is 9.97 Å². The van der Waals surface area contributed by atoms with Crippen molar-refractivity contribution in [2.24, 2.45) is 0 Å². The number of rotatable bonds is 6. The van der Waals surface area contributed by atoms with E-state index in [1.54, 1.807) is 10.3 Å². The van der Waals surface area contributed by atoms with Crippen molar-refractivity contribution in [1.82, 2.24) is 9.97 Å². The maximum atomic E-state index is 12.3. The molecule has 0 aliphatic carbocycles. The lowest BCUT2D eigenvalue weighted by Crippen LogP contribution is -2.23. The number of carbonyl (C=O) groups is 2. The molecule has 1 amide bonds. The van der Waals surface area contributed by atoms with Crippen LogP contribution in [0.2, 0.25) is 15.1 Å². The number of esters is 1. The number of nitrogens with zero attached hydrogens (tertiary/aromatic N) is 3. The fourth-order valence-electron chi connectivity index (χ4n) is 2.69. The van der Waals surface area contributed by atoms with Crippen molar-refractivity contribution in [3.63, 3.8) is 0 Å². The van der Waals surface area contributed by atoms with Gasteiger partial charge < -0.3 is 4.74 Å². The smallest absolute Gasteiger partial charge is 0.358 e. The maximum absolute atomic E-state index is 12.3. The van der Waals surface area contributed by atoms with Crippen molar-refractivity contribution in [3.8, 4) is 0 Å². The molecule has 0 N–H and O–H groups in total. The van der Waals surface area contributed by atoms with Crippen LogP contribution in [0.1, 0.15) is 35.6 Å². The number of aryl methyl sites for hydroxylation is 1. The topological polar surface area (TPSA) is 72.4 Å². The maximum Gasteiger partial charge on any atom is 0.358 e. The number of thiazole rings is 1. The van der Waals surface area contributed by atoms with Crippen molar-refractivity contribution in [1.29, 1.82) is 0 Å². The first-order valence-corrected chi connectivity index (χ1v) is 10.8. The monoisotopic (exact) mass is 483 g/mol. The molecule has 3 rings (SSSR count). The average Bonchev–Trinajstić information content (AvgIpc) is 3.19. The van der Waals surface area contributed by atoms with Gasteiger partial charge >= 0.3 is 5.97 Å². The second-order valence-electron chi connectivity index (χ2n) is 6.12. The Kier molecular flexibility index (Phi) is 7.31. The molecule has 0 aliphatic heterocycles. The van der Waals surface area contributed by atoms with Crippen LogP contribution < -0.4 is 4.90 Å². The van der Waals surface area contributed by atoms with Gasteiger partial charge in [-0.2, -0.15) is 0 Å². The van der Waals surface area contributed by atoms with E-state index in [0.717, 1.165) is 17.7 Å². The summed E-state index contributed by atoms with van der Waals surface area (Å²) in [4.78, 5) is 34.5. The molecule has 0 fully saturated rings. The molecular formula is C20H16Cl3N3O3S. The van der Waals surface area contributed by atoms with Crippen LogP contribution in [0.5, 0.6) is 0 Å². The molecule has 0 spiro atoms. The molecule has 0 atom stereocenters. The standard InChI is InChI=1S/C20H16Cl3N3O3S/c1-3-12-6-4-5-7-15(12)26(11(2)27)20-25-13(10-30-20)9-29-19(28)18-17(23)16(22)14(21)8-24-18/h4-8,10H,3,9H2,1-2H3. The normalized spacial score (nSPS) is 10.7. The molecule has 0 bridgehead atoms. The van der Waals surface area contributed by atoms with Crippen LogP contribution >= 0.6 is 46.1 Å². The van der Waals surface area contributed by atoms with Gasteiger partial charge in [0.05, 0.1) is 26.4 Å². The lowest BCUT2D eigenvalue weighted by Gasteiger charge is -2.20. The molecule has 0 radical (unpaired) electrons. The Hall–Kier alpha value is -2.19. The molecule has 2 aromatic heterocycles. The average molecular weight is 485 g/mol. The number of carbonyl (C=O) groups excluding carboxylic acids is 2. The number of para-hydroxylation sites is 1. The third-order valence-corrected chi connectivity index (χ3v) is 6.24. The number of amides is 1. The molecule has 2 heterocycles. The van der Waals surface area contributed by atoms with Crippen molar-refractivity contribution < 1.29 is 14.3 Å². The molecule has 0 saturated heterocycles. The molecule has 30 heavy (non-hydrogen) atoms. The number of halogens is 3. The third kappa shape index (κ3) is 4.75. The quantitative estimate of drug-likeness (QED) is 0.395. The summed E-state index contributed by atoms with van der Waals surface area (Å²) in [7, 11) is 0. The van der Waals surface area contributed by atoms with Gasteiger partial charge in [-0.3, -0.25) is 9.69 Å². The van der Waals surface area contributed by atoms with Crippen molar-refractivity contribution in [3.05, 3.63) is 67.9 Å². The Labute approximate surface area is 192 Å². The van der Waals surface area contributed by atoms with Gasteiger partial charge in [0.15, 0.2) is 10.8 Å². The van der Waals surface area contributed by atoms with Crippen LogP contribution in [0.15, 0.2) is 35.8 Å². The van der Waals surface area contributed by atoms with Gasteiger partial charge in [-0.05, 0) is 18.1 Å². The minimum absolute atomic E-state index is 0.0305. The van der Waals surface area contributed by atoms with E-state index in [1.165, 1.54) is 24.5 Å². The van der Waals surface area contributed by atoms with E-state index in [0.29, 0.717) is 10.8 Å². The van der Waals surface area contributed by atoms with Crippen LogP contribution in [-0.4, -0.2) is 21.8 Å². The van der Waals surface area contributed by atoms with Crippen LogP contribution in [0.3, 0.4) is 0 Å². The first-order chi connectivity index (χ1) is 14.3. The fraction of sp³-hybridized carbons (Fsp3) is 0.200. The van der Waals surface area contributed by atoms with Crippen LogP contribution in [0.4, 0.5) is 10.8 Å².